The van der Waals surface area contributed by atoms with Crippen LogP contribution in [0, 0.1) is 0 Å². The van der Waals surface area contributed by atoms with Crippen molar-refractivity contribution < 1.29 is 4.74 Å². The van der Waals surface area contributed by atoms with Crippen LogP contribution in [0.2, 0.25) is 5.15 Å². The van der Waals surface area contributed by atoms with Gasteiger partial charge in [0.15, 0.2) is 0 Å². The zero-order valence-electron chi connectivity index (χ0n) is 11.0. The molecule has 6 heteroatoms. The molecule has 0 saturated carbocycles. The Morgan fingerprint density at radius 1 is 1.53 bits per heavy atom. The zero-order chi connectivity index (χ0) is 13.4. The van der Waals surface area contributed by atoms with Crippen LogP contribution < -0.4 is 10.6 Å². The number of halogens is 1. The van der Waals surface area contributed by atoms with Gasteiger partial charge in [0.25, 0.3) is 0 Å². The van der Waals surface area contributed by atoms with Crippen LogP contribution in [0.1, 0.15) is 31.7 Å². The summed E-state index contributed by atoms with van der Waals surface area (Å²) in [7, 11) is 0. The van der Waals surface area contributed by atoms with Crippen molar-refractivity contribution in [1.29, 1.82) is 0 Å². The van der Waals surface area contributed by atoms with E-state index >= 15 is 0 Å². The van der Waals surface area contributed by atoms with Crippen molar-refractivity contribution >= 4 is 17.4 Å². The molecule has 1 aromatic heterocycles. The normalized spacial score (nSPS) is 31.2. The number of fused-ring (bicyclic) bond motifs is 3. The molecular formula is C13H16ClN3O2. The Bertz CT molecular complexity index is 627. The van der Waals surface area contributed by atoms with Crippen LogP contribution >= 0.6 is 11.6 Å². The number of ether oxygens (including phenoxy) is 1. The molecule has 2 fully saturated rings. The highest BCUT2D eigenvalue weighted by Gasteiger charge is 2.57. The van der Waals surface area contributed by atoms with Crippen molar-refractivity contribution in [2.45, 2.75) is 44.4 Å². The van der Waals surface area contributed by atoms with Gasteiger partial charge in [0.1, 0.15) is 11.0 Å². The Hall–Kier alpha value is -1.07. The monoisotopic (exact) mass is 281 g/mol. The van der Waals surface area contributed by atoms with Gasteiger partial charge in [-0.25, -0.2) is 4.79 Å². The van der Waals surface area contributed by atoms with E-state index in [4.69, 9.17) is 16.3 Å². The van der Waals surface area contributed by atoms with E-state index in [1.165, 1.54) is 0 Å². The SMILES string of the molecule is CC(C)c1c(Cl)nc(=O)n2c1N1C[C@@H]3C[C@]1(CO3)C2. The molecule has 3 aliphatic heterocycles. The molecule has 0 unspecified atom stereocenters. The Morgan fingerprint density at radius 3 is 3.00 bits per heavy atom. The average Bonchev–Trinajstić information content (AvgIpc) is 2.96. The summed E-state index contributed by atoms with van der Waals surface area (Å²) in [5.74, 6) is 1.22. The molecule has 3 aliphatic rings. The largest absolute Gasteiger partial charge is 0.374 e. The number of hydrogen-bond acceptors (Lipinski definition) is 4. The van der Waals surface area contributed by atoms with Crippen LogP contribution in [-0.2, 0) is 11.3 Å². The molecule has 0 amide bonds. The third kappa shape index (κ3) is 1.35. The van der Waals surface area contributed by atoms with E-state index in [0.717, 1.165) is 24.3 Å². The Kier molecular flexibility index (Phi) is 2.17. The van der Waals surface area contributed by atoms with Gasteiger partial charge in [0.2, 0.25) is 0 Å². The number of rotatable bonds is 1. The first kappa shape index (κ1) is 11.7. The van der Waals surface area contributed by atoms with Gasteiger partial charge in [0, 0.05) is 18.5 Å². The van der Waals surface area contributed by atoms with E-state index in [1.807, 2.05) is 0 Å². The second kappa shape index (κ2) is 3.52. The van der Waals surface area contributed by atoms with Crippen LogP contribution in [0.15, 0.2) is 4.79 Å². The van der Waals surface area contributed by atoms with Gasteiger partial charge in [-0.15, -0.1) is 0 Å². The molecule has 2 saturated heterocycles. The summed E-state index contributed by atoms with van der Waals surface area (Å²) in [4.78, 5) is 18.4. The second-order valence-corrected chi connectivity index (χ2v) is 6.49. The molecule has 2 atom stereocenters. The number of nitrogens with zero attached hydrogens (tertiary/aromatic N) is 3. The Balaban J connectivity index is 1.98. The molecule has 0 radical (unpaired) electrons. The van der Waals surface area contributed by atoms with Crippen LogP contribution in [-0.4, -0.2) is 34.3 Å². The summed E-state index contributed by atoms with van der Waals surface area (Å²) in [6, 6.07) is 0. The minimum Gasteiger partial charge on any atom is -0.374 e. The van der Waals surface area contributed by atoms with Gasteiger partial charge >= 0.3 is 5.69 Å². The lowest BCUT2D eigenvalue weighted by molar-refractivity contribution is 0.0856. The molecule has 19 heavy (non-hydrogen) atoms. The fraction of sp³-hybridized carbons (Fsp3) is 0.692. The smallest absolute Gasteiger partial charge is 0.350 e. The van der Waals surface area contributed by atoms with E-state index < -0.39 is 0 Å². The molecule has 4 rings (SSSR count). The minimum absolute atomic E-state index is 0.0349. The van der Waals surface area contributed by atoms with E-state index in [0.29, 0.717) is 24.4 Å². The summed E-state index contributed by atoms with van der Waals surface area (Å²) in [5, 5.41) is 0.354. The second-order valence-electron chi connectivity index (χ2n) is 6.14. The molecular weight excluding hydrogens is 266 g/mol. The van der Waals surface area contributed by atoms with Gasteiger partial charge in [-0.05, 0) is 5.92 Å². The average molecular weight is 282 g/mol. The quantitative estimate of drug-likeness (QED) is 0.730. The maximum absolute atomic E-state index is 12.1. The minimum atomic E-state index is -0.239. The summed E-state index contributed by atoms with van der Waals surface area (Å²) < 4.78 is 7.53. The fourth-order valence-corrected chi connectivity index (χ4v) is 4.16. The van der Waals surface area contributed by atoms with Crippen LogP contribution in [0.3, 0.4) is 0 Å². The topological polar surface area (TPSA) is 47.4 Å². The van der Waals surface area contributed by atoms with E-state index in [1.54, 1.807) is 4.57 Å². The predicted molar refractivity (Wildman–Crippen MR) is 72.0 cm³/mol. The first-order chi connectivity index (χ1) is 9.02. The van der Waals surface area contributed by atoms with E-state index in [9.17, 15) is 4.79 Å². The molecule has 102 valence electrons. The fourth-order valence-electron chi connectivity index (χ4n) is 3.78. The first-order valence-corrected chi connectivity index (χ1v) is 7.09. The van der Waals surface area contributed by atoms with Gasteiger partial charge in [-0.1, -0.05) is 25.4 Å². The molecule has 0 aromatic carbocycles. The van der Waals surface area contributed by atoms with Crippen molar-refractivity contribution in [2.24, 2.45) is 0 Å². The Labute approximate surface area is 116 Å². The summed E-state index contributed by atoms with van der Waals surface area (Å²) in [5.41, 5.74) is 0.717. The molecule has 0 aliphatic carbocycles. The molecule has 1 aromatic rings. The maximum Gasteiger partial charge on any atom is 0.350 e. The number of hydrogen-bond donors (Lipinski definition) is 0. The summed E-state index contributed by atoms with van der Waals surface area (Å²) in [6.45, 7) is 6.42. The highest BCUT2D eigenvalue weighted by Crippen LogP contribution is 2.49. The standard InChI is InChI=1S/C13H16ClN3O2/c1-7(2)9-10(14)15-12(18)16-5-13-3-8(19-6-13)4-17(13)11(9)16/h7-8H,3-6H2,1-2H3/t8-,13+/m0/s1. The third-order valence-corrected chi connectivity index (χ3v) is 4.87. The van der Waals surface area contributed by atoms with Crippen molar-refractivity contribution in [3.8, 4) is 0 Å². The van der Waals surface area contributed by atoms with Crippen LogP contribution in [0.4, 0.5) is 5.82 Å². The molecule has 1 spiro atoms. The van der Waals surface area contributed by atoms with Crippen molar-refractivity contribution in [3.05, 3.63) is 21.2 Å². The van der Waals surface area contributed by atoms with Gasteiger partial charge in [-0.3, -0.25) is 4.57 Å². The number of morpholine rings is 1. The van der Waals surface area contributed by atoms with Crippen molar-refractivity contribution in [3.63, 3.8) is 0 Å². The number of anilines is 1. The lowest BCUT2D eigenvalue weighted by atomic mass is 10.00. The van der Waals surface area contributed by atoms with Crippen molar-refractivity contribution in [2.75, 3.05) is 18.1 Å². The molecule has 5 nitrogen and oxygen atoms in total. The van der Waals surface area contributed by atoms with Gasteiger partial charge in [-0.2, -0.15) is 4.98 Å². The number of aromatic nitrogens is 2. The zero-order valence-corrected chi connectivity index (χ0v) is 11.8. The summed E-state index contributed by atoms with van der Waals surface area (Å²) in [6.07, 6.45) is 1.30. The Morgan fingerprint density at radius 2 is 2.32 bits per heavy atom. The highest BCUT2D eigenvalue weighted by molar-refractivity contribution is 6.30. The predicted octanol–water partition coefficient (Wildman–Crippen LogP) is 1.38. The van der Waals surface area contributed by atoms with Crippen LogP contribution in [0.5, 0.6) is 0 Å². The third-order valence-electron chi connectivity index (χ3n) is 4.58. The molecule has 4 heterocycles. The molecule has 2 bridgehead atoms. The van der Waals surface area contributed by atoms with Gasteiger partial charge in [0.05, 0.1) is 24.8 Å². The van der Waals surface area contributed by atoms with E-state index in [-0.39, 0.29) is 17.1 Å². The van der Waals surface area contributed by atoms with Crippen LogP contribution in [0.25, 0.3) is 0 Å². The van der Waals surface area contributed by atoms with E-state index in [2.05, 4.69) is 23.7 Å². The first-order valence-electron chi connectivity index (χ1n) is 6.71. The lowest BCUT2D eigenvalue weighted by Gasteiger charge is -2.33. The van der Waals surface area contributed by atoms with Gasteiger partial charge < -0.3 is 9.64 Å². The maximum atomic E-state index is 12.1. The summed E-state index contributed by atoms with van der Waals surface area (Å²) >= 11 is 6.22. The molecule has 0 N–H and O–H groups in total. The highest BCUT2D eigenvalue weighted by atomic mass is 35.5. The van der Waals surface area contributed by atoms with Crippen molar-refractivity contribution in [1.82, 2.24) is 9.55 Å². The lowest BCUT2D eigenvalue weighted by Crippen LogP contribution is -2.46.